The molecule has 0 aliphatic carbocycles. The largest absolute Gasteiger partial charge is 0.490 e. The van der Waals surface area contributed by atoms with Crippen LogP contribution >= 0.6 is 0 Å². The monoisotopic (exact) mass is 438 g/mol. The van der Waals surface area contributed by atoms with Crippen molar-refractivity contribution in [3.63, 3.8) is 0 Å². The van der Waals surface area contributed by atoms with Gasteiger partial charge >= 0.3 is 0 Å². The third-order valence-corrected chi connectivity index (χ3v) is 5.75. The SMILES string of the molecule is CC1Oc2ccccc2N(CCC(=O)NC(c2ccc3c(c2)OCCCO3)C(C)C)C1=O. The van der Waals surface area contributed by atoms with E-state index in [4.69, 9.17) is 14.2 Å². The fourth-order valence-corrected chi connectivity index (χ4v) is 4.06. The molecular formula is C25H30N2O5. The van der Waals surface area contributed by atoms with Crippen molar-refractivity contribution >= 4 is 17.5 Å². The van der Waals surface area contributed by atoms with Gasteiger partial charge in [-0.3, -0.25) is 9.59 Å². The molecule has 4 rings (SSSR count). The van der Waals surface area contributed by atoms with Crippen molar-refractivity contribution in [2.45, 2.75) is 45.8 Å². The highest BCUT2D eigenvalue weighted by atomic mass is 16.5. The number of para-hydroxylation sites is 2. The van der Waals surface area contributed by atoms with E-state index >= 15 is 0 Å². The third-order valence-electron chi connectivity index (χ3n) is 5.75. The molecule has 0 fully saturated rings. The summed E-state index contributed by atoms with van der Waals surface area (Å²) >= 11 is 0. The van der Waals surface area contributed by atoms with Gasteiger partial charge in [-0.15, -0.1) is 0 Å². The molecule has 2 amide bonds. The molecule has 7 nitrogen and oxygen atoms in total. The first-order chi connectivity index (χ1) is 15.4. The smallest absolute Gasteiger partial charge is 0.267 e. The zero-order valence-electron chi connectivity index (χ0n) is 18.8. The van der Waals surface area contributed by atoms with Gasteiger partial charge in [0.1, 0.15) is 5.75 Å². The fraction of sp³-hybridized carbons (Fsp3) is 0.440. The van der Waals surface area contributed by atoms with Crippen LogP contribution in [-0.4, -0.2) is 37.7 Å². The van der Waals surface area contributed by atoms with Gasteiger partial charge in [0.2, 0.25) is 5.91 Å². The van der Waals surface area contributed by atoms with Crippen molar-refractivity contribution in [3.8, 4) is 17.2 Å². The summed E-state index contributed by atoms with van der Waals surface area (Å²) in [6, 6.07) is 13.1. The van der Waals surface area contributed by atoms with Crippen LogP contribution in [0.1, 0.15) is 45.2 Å². The number of benzene rings is 2. The Labute approximate surface area is 188 Å². The van der Waals surface area contributed by atoms with E-state index in [0.29, 0.717) is 36.9 Å². The van der Waals surface area contributed by atoms with Gasteiger partial charge in [-0.2, -0.15) is 0 Å². The van der Waals surface area contributed by atoms with Crippen molar-refractivity contribution in [2.75, 3.05) is 24.7 Å². The summed E-state index contributed by atoms with van der Waals surface area (Å²) in [6.07, 6.45) is 0.467. The molecule has 0 radical (unpaired) electrons. The van der Waals surface area contributed by atoms with Crippen LogP contribution in [-0.2, 0) is 9.59 Å². The normalized spacial score (nSPS) is 18.4. The van der Waals surface area contributed by atoms with Crippen molar-refractivity contribution in [3.05, 3.63) is 48.0 Å². The molecule has 0 bridgehead atoms. The zero-order chi connectivity index (χ0) is 22.7. The van der Waals surface area contributed by atoms with Gasteiger partial charge in [0.15, 0.2) is 17.6 Å². The highest BCUT2D eigenvalue weighted by Crippen LogP contribution is 2.35. The average Bonchev–Trinajstić information content (AvgIpc) is 3.02. The lowest BCUT2D eigenvalue weighted by atomic mass is 9.95. The summed E-state index contributed by atoms with van der Waals surface area (Å²) in [5.41, 5.74) is 1.67. The number of nitrogens with zero attached hydrogens (tertiary/aromatic N) is 1. The number of rotatable bonds is 6. The Bertz CT molecular complexity index is 990. The summed E-state index contributed by atoms with van der Waals surface area (Å²) in [6.45, 7) is 7.40. The van der Waals surface area contributed by atoms with Crippen LogP contribution in [0.2, 0.25) is 0 Å². The van der Waals surface area contributed by atoms with Gasteiger partial charge in [-0.05, 0) is 42.7 Å². The molecule has 2 aromatic carbocycles. The van der Waals surface area contributed by atoms with E-state index in [-0.39, 0.29) is 30.2 Å². The number of hydrogen-bond donors (Lipinski definition) is 1. The van der Waals surface area contributed by atoms with Crippen molar-refractivity contribution in [1.82, 2.24) is 5.32 Å². The average molecular weight is 439 g/mol. The highest BCUT2D eigenvalue weighted by Gasteiger charge is 2.31. The number of ether oxygens (including phenoxy) is 3. The van der Waals surface area contributed by atoms with Crippen LogP contribution in [0.5, 0.6) is 17.2 Å². The van der Waals surface area contributed by atoms with Crippen LogP contribution in [0, 0.1) is 5.92 Å². The molecule has 2 aromatic rings. The summed E-state index contributed by atoms with van der Waals surface area (Å²) in [5, 5.41) is 3.14. The lowest BCUT2D eigenvalue weighted by molar-refractivity contribution is -0.125. The molecule has 32 heavy (non-hydrogen) atoms. The number of amides is 2. The molecule has 1 N–H and O–H groups in total. The van der Waals surface area contributed by atoms with Crippen LogP contribution in [0.3, 0.4) is 0 Å². The van der Waals surface area contributed by atoms with Crippen molar-refractivity contribution in [2.24, 2.45) is 5.92 Å². The van der Waals surface area contributed by atoms with Gasteiger partial charge < -0.3 is 24.4 Å². The number of fused-ring (bicyclic) bond motifs is 2. The predicted molar refractivity (Wildman–Crippen MR) is 121 cm³/mol. The molecular weight excluding hydrogens is 408 g/mol. The lowest BCUT2D eigenvalue weighted by Crippen LogP contribution is -2.46. The van der Waals surface area contributed by atoms with E-state index < -0.39 is 6.10 Å². The number of nitrogens with one attached hydrogen (secondary N) is 1. The Balaban J connectivity index is 1.44. The van der Waals surface area contributed by atoms with Gasteiger partial charge in [0.05, 0.1) is 24.9 Å². The molecule has 0 aromatic heterocycles. The Morgan fingerprint density at radius 1 is 1.09 bits per heavy atom. The maximum atomic E-state index is 12.9. The summed E-state index contributed by atoms with van der Waals surface area (Å²) in [4.78, 5) is 27.2. The molecule has 0 saturated carbocycles. The first-order valence-electron chi connectivity index (χ1n) is 11.2. The minimum atomic E-state index is -0.571. The molecule has 0 saturated heterocycles. The van der Waals surface area contributed by atoms with E-state index in [9.17, 15) is 9.59 Å². The first kappa shape index (κ1) is 22.0. The second-order valence-electron chi connectivity index (χ2n) is 8.51. The molecule has 0 spiro atoms. The second-order valence-corrected chi connectivity index (χ2v) is 8.51. The molecule has 2 heterocycles. The van der Waals surface area contributed by atoms with Gasteiger partial charge in [-0.1, -0.05) is 32.0 Å². The number of anilines is 1. The predicted octanol–water partition coefficient (Wildman–Crippen LogP) is 3.87. The molecule has 2 atom stereocenters. The van der Waals surface area contributed by atoms with Crippen molar-refractivity contribution in [1.29, 1.82) is 0 Å². The molecule has 170 valence electrons. The Hall–Kier alpha value is -3.22. The Morgan fingerprint density at radius 3 is 2.62 bits per heavy atom. The minimum absolute atomic E-state index is 0.111. The van der Waals surface area contributed by atoms with Crippen LogP contribution in [0.4, 0.5) is 5.69 Å². The van der Waals surface area contributed by atoms with E-state index in [2.05, 4.69) is 19.2 Å². The van der Waals surface area contributed by atoms with E-state index in [1.54, 1.807) is 11.8 Å². The number of carbonyl (C=O) groups excluding carboxylic acids is 2. The fourth-order valence-electron chi connectivity index (χ4n) is 4.06. The molecule has 2 aliphatic heterocycles. The van der Waals surface area contributed by atoms with Crippen LogP contribution in [0.15, 0.2) is 42.5 Å². The quantitative estimate of drug-likeness (QED) is 0.741. The number of carbonyl (C=O) groups is 2. The topological polar surface area (TPSA) is 77.1 Å². The molecule has 7 heteroatoms. The van der Waals surface area contributed by atoms with E-state index in [0.717, 1.165) is 17.7 Å². The first-order valence-corrected chi connectivity index (χ1v) is 11.2. The lowest BCUT2D eigenvalue weighted by Gasteiger charge is -2.33. The summed E-state index contributed by atoms with van der Waals surface area (Å²) in [5.74, 6) is 2.03. The van der Waals surface area contributed by atoms with E-state index in [1.165, 1.54) is 0 Å². The standard InChI is InChI=1S/C25H30N2O5/c1-16(2)24(18-9-10-21-22(15-18)31-14-6-13-30-21)26-23(28)11-12-27-19-7-4-5-8-20(19)32-17(3)25(27)29/h4-5,7-10,15-17,24H,6,11-14H2,1-3H3,(H,26,28). The maximum absolute atomic E-state index is 12.9. The second kappa shape index (κ2) is 9.51. The van der Waals surface area contributed by atoms with Gasteiger partial charge in [0, 0.05) is 19.4 Å². The zero-order valence-corrected chi connectivity index (χ0v) is 18.8. The maximum Gasteiger partial charge on any atom is 0.267 e. The third kappa shape index (κ3) is 4.66. The highest BCUT2D eigenvalue weighted by molar-refractivity contribution is 6.00. The van der Waals surface area contributed by atoms with E-state index in [1.807, 2.05) is 42.5 Å². The minimum Gasteiger partial charge on any atom is -0.490 e. The Kier molecular flexibility index (Phi) is 6.53. The molecule has 2 unspecified atom stereocenters. The number of hydrogen-bond acceptors (Lipinski definition) is 5. The Morgan fingerprint density at radius 2 is 1.84 bits per heavy atom. The van der Waals surface area contributed by atoms with Gasteiger partial charge in [0.25, 0.3) is 5.91 Å². The van der Waals surface area contributed by atoms with Crippen LogP contribution in [0.25, 0.3) is 0 Å². The van der Waals surface area contributed by atoms with Gasteiger partial charge in [-0.25, -0.2) is 0 Å². The summed E-state index contributed by atoms with van der Waals surface area (Å²) < 4.78 is 17.2. The van der Waals surface area contributed by atoms with Crippen LogP contribution < -0.4 is 24.4 Å². The summed E-state index contributed by atoms with van der Waals surface area (Å²) in [7, 11) is 0. The van der Waals surface area contributed by atoms with Crippen molar-refractivity contribution < 1.29 is 23.8 Å². The molecule has 2 aliphatic rings.